The van der Waals surface area contributed by atoms with Crippen LogP contribution in [0.2, 0.25) is 0 Å². The molecule has 0 atom stereocenters. The number of aromatic nitrogens is 3. The van der Waals surface area contributed by atoms with Crippen molar-refractivity contribution in [3.63, 3.8) is 0 Å². The van der Waals surface area contributed by atoms with Crippen LogP contribution >= 0.6 is 0 Å². The fourth-order valence-corrected chi connectivity index (χ4v) is 1.65. The number of carbonyl (C=O) groups is 1. The molecule has 1 aromatic heterocycles. The van der Waals surface area contributed by atoms with Crippen LogP contribution in [0.3, 0.4) is 0 Å². The number of benzene rings is 1. The number of nitrogens with one attached hydrogen (secondary N) is 1. The van der Waals surface area contributed by atoms with Crippen LogP contribution in [0.4, 0.5) is 5.69 Å². The molecule has 0 aliphatic rings. The van der Waals surface area contributed by atoms with E-state index in [0.717, 1.165) is 11.3 Å². The standard InChI is InChI=1S/C13H13N5O2/c14-6-5-10-1-3-11(4-2-10)15-7-8-18-9-12(13(19)20)16-17-18/h1-4,9,15H,5,7-8H2,(H,19,20). The zero-order chi connectivity index (χ0) is 14.4. The van der Waals surface area contributed by atoms with Gasteiger partial charge in [0.25, 0.3) is 0 Å². The summed E-state index contributed by atoms with van der Waals surface area (Å²) >= 11 is 0. The summed E-state index contributed by atoms with van der Waals surface area (Å²) in [5.41, 5.74) is 1.84. The molecule has 2 N–H and O–H groups in total. The van der Waals surface area contributed by atoms with Crippen LogP contribution in [0.1, 0.15) is 16.1 Å². The number of hydrogen-bond acceptors (Lipinski definition) is 5. The maximum atomic E-state index is 10.6. The topological polar surface area (TPSA) is 104 Å². The first-order valence-corrected chi connectivity index (χ1v) is 6.02. The Bertz CT molecular complexity index is 627. The molecule has 0 aliphatic heterocycles. The highest BCUT2D eigenvalue weighted by Crippen LogP contribution is 2.09. The first-order chi connectivity index (χ1) is 9.69. The lowest BCUT2D eigenvalue weighted by Crippen LogP contribution is -2.11. The van der Waals surface area contributed by atoms with Gasteiger partial charge in [0.2, 0.25) is 0 Å². The van der Waals surface area contributed by atoms with Gasteiger partial charge in [-0.2, -0.15) is 5.26 Å². The minimum Gasteiger partial charge on any atom is -0.476 e. The summed E-state index contributed by atoms with van der Waals surface area (Å²) in [5, 5.41) is 27.7. The van der Waals surface area contributed by atoms with Gasteiger partial charge in [0.15, 0.2) is 5.69 Å². The van der Waals surface area contributed by atoms with Crippen LogP contribution in [0.25, 0.3) is 0 Å². The molecule has 1 aromatic carbocycles. The second kappa shape index (κ2) is 6.33. The normalized spacial score (nSPS) is 9.95. The molecular formula is C13H13N5O2. The lowest BCUT2D eigenvalue weighted by molar-refractivity contribution is 0.0690. The molecule has 7 nitrogen and oxygen atoms in total. The molecule has 2 rings (SSSR count). The van der Waals surface area contributed by atoms with Gasteiger partial charge in [-0.3, -0.25) is 0 Å². The van der Waals surface area contributed by atoms with Gasteiger partial charge in [0, 0.05) is 12.2 Å². The van der Waals surface area contributed by atoms with E-state index in [1.54, 1.807) is 0 Å². The SMILES string of the molecule is N#CCc1ccc(NCCn2cc(C(=O)O)nn2)cc1. The van der Waals surface area contributed by atoms with Crippen LogP contribution in [0, 0.1) is 11.3 Å². The second-order valence-corrected chi connectivity index (χ2v) is 4.13. The summed E-state index contributed by atoms with van der Waals surface area (Å²) in [6.45, 7) is 1.11. The Morgan fingerprint density at radius 3 is 2.75 bits per heavy atom. The molecule has 0 radical (unpaired) electrons. The summed E-state index contributed by atoms with van der Waals surface area (Å²) in [5.74, 6) is -1.09. The van der Waals surface area contributed by atoms with Crippen molar-refractivity contribution in [3.05, 3.63) is 41.7 Å². The van der Waals surface area contributed by atoms with E-state index >= 15 is 0 Å². The van der Waals surface area contributed by atoms with Crippen molar-refractivity contribution in [1.29, 1.82) is 5.26 Å². The predicted octanol–water partition coefficient (Wildman–Crippen LogP) is 1.15. The van der Waals surface area contributed by atoms with E-state index in [4.69, 9.17) is 10.4 Å². The third kappa shape index (κ3) is 3.55. The van der Waals surface area contributed by atoms with E-state index in [2.05, 4.69) is 21.7 Å². The van der Waals surface area contributed by atoms with Crippen molar-refractivity contribution in [2.75, 3.05) is 11.9 Å². The van der Waals surface area contributed by atoms with Gasteiger partial charge in [-0.25, -0.2) is 9.48 Å². The highest BCUT2D eigenvalue weighted by molar-refractivity contribution is 5.84. The molecule has 0 bridgehead atoms. The minimum atomic E-state index is -1.09. The number of carboxylic acids is 1. The molecule has 1 heterocycles. The Labute approximate surface area is 115 Å². The fourth-order valence-electron chi connectivity index (χ4n) is 1.65. The van der Waals surface area contributed by atoms with Crippen molar-refractivity contribution in [2.45, 2.75) is 13.0 Å². The minimum absolute atomic E-state index is 0.0640. The van der Waals surface area contributed by atoms with E-state index in [1.165, 1.54) is 10.9 Å². The van der Waals surface area contributed by atoms with Gasteiger partial charge >= 0.3 is 5.97 Å². The molecule has 0 saturated heterocycles. The van der Waals surface area contributed by atoms with E-state index in [0.29, 0.717) is 19.5 Å². The number of carboxylic acid groups (broad SMARTS) is 1. The van der Waals surface area contributed by atoms with Crippen LogP contribution in [0.5, 0.6) is 0 Å². The van der Waals surface area contributed by atoms with Crippen molar-refractivity contribution in [2.24, 2.45) is 0 Å². The number of nitrogens with zero attached hydrogens (tertiary/aromatic N) is 4. The van der Waals surface area contributed by atoms with Crippen molar-refractivity contribution >= 4 is 11.7 Å². The third-order valence-electron chi connectivity index (χ3n) is 2.66. The second-order valence-electron chi connectivity index (χ2n) is 4.13. The summed E-state index contributed by atoms with van der Waals surface area (Å²) in [7, 11) is 0. The van der Waals surface area contributed by atoms with Gasteiger partial charge in [-0.1, -0.05) is 17.3 Å². The predicted molar refractivity (Wildman–Crippen MR) is 71.2 cm³/mol. The molecule has 0 unspecified atom stereocenters. The Balaban J connectivity index is 1.83. The zero-order valence-corrected chi connectivity index (χ0v) is 10.7. The Morgan fingerprint density at radius 1 is 1.40 bits per heavy atom. The number of rotatable bonds is 6. The van der Waals surface area contributed by atoms with E-state index in [9.17, 15) is 4.79 Å². The molecule has 102 valence electrons. The first-order valence-electron chi connectivity index (χ1n) is 6.02. The molecule has 0 amide bonds. The average molecular weight is 271 g/mol. The molecule has 2 aromatic rings. The number of hydrogen-bond donors (Lipinski definition) is 2. The fraction of sp³-hybridized carbons (Fsp3) is 0.231. The van der Waals surface area contributed by atoms with Crippen LogP contribution < -0.4 is 5.32 Å². The number of anilines is 1. The highest BCUT2D eigenvalue weighted by Gasteiger charge is 2.07. The van der Waals surface area contributed by atoms with Gasteiger partial charge in [-0.15, -0.1) is 5.10 Å². The summed E-state index contributed by atoms with van der Waals surface area (Å²) in [6, 6.07) is 9.68. The van der Waals surface area contributed by atoms with E-state index < -0.39 is 5.97 Å². The van der Waals surface area contributed by atoms with Crippen LogP contribution in [0.15, 0.2) is 30.5 Å². The third-order valence-corrected chi connectivity index (χ3v) is 2.66. The van der Waals surface area contributed by atoms with Crippen LogP contribution in [-0.2, 0) is 13.0 Å². The quantitative estimate of drug-likeness (QED) is 0.816. The summed E-state index contributed by atoms with van der Waals surface area (Å²) < 4.78 is 1.47. The number of aromatic carboxylic acids is 1. The average Bonchev–Trinajstić information content (AvgIpc) is 2.90. The lowest BCUT2D eigenvalue weighted by atomic mass is 10.1. The smallest absolute Gasteiger partial charge is 0.358 e. The first kappa shape index (κ1) is 13.5. The van der Waals surface area contributed by atoms with Gasteiger partial charge in [0.05, 0.1) is 25.2 Å². The molecule has 0 aliphatic carbocycles. The summed E-state index contributed by atoms with van der Waals surface area (Å²) in [4.78, 5) is 10.6. The highest BCUT2D eigenvalue weighted by atomic mass is 16.4. The molecule has 0 fully saturated rings. The van der Waals surface area contributed by atoms with Crippen molar-refractivity contribution < 1.29 is 9.90 Å². The Hall–Kier alpha value is -2.88. The lowest BCUT2D eigenvalue weighted by Gasteiger charge is -2.06. The molecule has 0 saturated carbocycles. The van der Waals surface area contributed by atoms with Gasteiger partial charge in [-0.05, 0) is 17.7 Å². The molecule has 0 spiro atoms. The zero-order valence-electron chi connectivity index (χ0n) is 10.7. The van der Waals surface area contributed by atoms with E-state index in [-0.39, 0.29) is 5.69 Å². The molecule has 7 heteroatoms. The molecule has 20 heavy (non-hydrogen) atoms. The molecular weight excluding hydrogens is 258 g/mol. The monoisotopic (exact) mass is 271 g/mol. The van der Waals surface area contributed by atoms with Crippen molar-refractivity contribution in [1.82, 2.24) is 15.0 Å². The largest absolute Gasteiger partial charge is 0.476 e. The maximum Gasteiger partial charge on any atom is 0.358 e. The van der Waals surface area contributed by atoms with Gasteiger partial charge in [0.1, 0.15) is 0 Å². The Morgan fingerprint density at radius 2 is 2.15 bits per heavy atom. The maximum absolute atomic E-state index is 10.6. The summed E-state index contributed by atoms with van der Waals surface area (Å²) in [6.07, 6.45) is 1.79. The van der Waals surface area contributed by atoms with Crippen LogP contribution in [-0.4, -0.2) is 32.6 Å². The van der Waals surface area contributed by atoms with Gasteiger partial charge < -0.3 is 10.4 Å². The Kier molecular flexibility index (Phi) is 4.29. The van der Waals surface area contributed by atoms with Crippen molar-refractivity contribution in [3.8, 4) is 6.07 Å². The number of nitriles is 1. The van der Waals surface area contributed by atoms with E-state index in [1.807, 2.05) is 24.3 Å².